The van der Waals surface area contributed by atoms with E-state index in [4.69, 9.17) is 23.2 Å². The maximum Gasteiger partial charge on any atom is 0.242 e. The third-order valence-electron chi connectivity index (χ3n) is 3.68. The van der Waals surface area contributed by atoms with Gasteiger partial charge >= 0.3 is 0 Å². The van der Waals surface area contributed by atoms with Crippen LogP contribution in [0.15, 0.2) is 91.0 Å². The number of rotatable bonds is 5. The summed E-state index contributed by atoms with van der Waals surface area (Å²) in [6.45, 7) is 2.76. The summed E-state index contributed by atoms with van der Waals surface area (Å²) >= 11 is 0. The largest absolute Gasteiger partial charge is 0.242 e. The summed E-state index contributed by atoms with van der Waals surface area (Å²) in [5.41, 5.74) is 0. The number of hydrogen-bond acceptors (Lipinski definition) is 5. The SMILES string of the molecule is CCO[P+](c1ccccc1)(c1ccccc1)c1ccccc1.[O-][Cl+3]([O-])([O-])[O-]. The first kappa shape index (κ1) is 21.5. The summed E-state index contributed by atoms with van der Waals surface area (Å²) in [6.07, 6.45) is 0. The molecule has 0 unspecified atom stereocenters. The molecule has 0 radical (unpaired) electrons. The van der Waals surface area contributed by atoms with Gasteiger partial charge < -0.3 is 0 Å². The highest BCUT2D eigenvalue weighted by Gasteiger charge is 2.47. The van der Waals surface area contributed by atoms with E-state index in [2.05, 4.69) is 97.9 Å². The minimum atomic E-state index is -4.94. The number of hydrogen-bond donors (Lipinski definition) is 0. The van der Waals surface area contributed by atoms with Gasteiger partial charge in [0, 0.05) is 0 Å². The molecule has 0 fully saturated rings. The van der Waals surface area contributed by atoms with Crippen LogP contribution in [0.1, 0.15) is 6.92 Å². The van der Waals surface area contributed by atoms with Gasteiger partial charge in [0.2, 0.25) is 7.49 Å². The molecule has 27 heavy (non-hydrogen) atoms. The average Bonchev–Trinajstić information content (AvgIpc) is 2.67. The van der Waals surface area contributed by atoms with E-state index in [-0.39, 0.29) is 0 Å². The second-order valence-electron chi connectivity index (χ2n) is 5.41. The van der Waals surface area contributed by atoms with E-state index in [9.17, 15) is 0 Å². The van der Waals surface area contributed by atoms with Crippen molar-refractivity contribution in [3.63, 3.8) is 0 Å². The van der Waals surface area contributed by atoms with Crippen molar-refractivity contribution in [3.8, 4) is 0 Å². The van der Waals surface area contributed by atoms with Gasteiger partial charge in [-0.1, -0.05) is 54.6 Å². The van der Waals surface area contributed by atoms with E-state index in [1.807, 2.05) is 0 Å². The van der Waals surface area contributed by atoms with Crippen LogP contribution in [0.5, 0.6) is 0 Å². The van der Waals surface area contributed by atoms with Gasteiger partial charge in [-0.25, -0.2) is 23.2 Å². The highest BCUT2D eigenvalue weighted by molar-refractivity contribution is 7.91. The van der Waals surface area contributed by atoms with Crippen molar-refractivity contribution in [2.75, 3.05) is 6.61 Å². The second-order valence-corrected chi connectivity index (χ2v) is 9.19. The average molecular weight is 407 g/mol. The van der Waals surface area contributed by atoms with Crippen molar-refractivity contribution in [2.45, 2.75) is 6.92 Å². The lowest BCUT2D eigenvalue weighted by molar-refractivity contribution is -2.00. The first-order chi connectivity index (χ1) is 12.9. The molecule has 0 saturated heterocycles. The molecule has 0 aromatic heterocycles. The Hall–Kier alpha value is -1.82. The molecule has 7 heteroatoms. The van der Waals surface area contributed by atoms with Crippen molar-refractivity contribution in [1.29, 1.82) is 0 Å². The summed E-state index contributed by atoms with van der Waals surface area (Å²) in [7, 11) is -7.00. The fourth-order valence-corrected chi connectivity index (χ4v) is 6.28. The van der Waals surface area contributed by atoms with Gasteiger partial charge in [-0.2, -0.15) is 0 Å². The van der Waals surface area contributed by atoms with Crippen molar-refractivity contribution in [2.24, 2.45) is 0 Å². The van der Waals surface area contributed by atoms with Crippen LogP contribution in [0.3, 0.4) is 0 Å². The van der Waals surface area contributed by atoms with Crippen LogP contribution in [-0.4, -0.2) is 6.61 Å². The fraction of sp³-hybridized carbons (Fsp3) is 0.100. The quantitative estimate of drug-likeness (QED) is 0.515. The molecule has 3 aromatic carbocycles. The Kier molecular flexibility index (Phi) is 7.90. The third-order valence-corrected chi connectivity index (χ3v) is 7.40. The molecule has 0 N–H and O–H groups in total. The van der Waals surface area contributed by atoms with Crippen molar-refractivity contribution < 1.29 is 33.4 Å². The zero-order valence-electron chi connectivity index (χ0n) is 14.7. The molecule has 0 aliphatic carbocycles. The normalized spacial score (nSPS) is 11.4. The molecular formula is C20H20ClO5P. The van der Waals surface area contributed by atoms with Crippen LogP contribution >= 0.6 is 7.49 Å². The Labute approximate surface area is 161 Å². The number of benzene rings is 3. The molecule has 0 heterocycles. The molecule has 0 bridgehead atoms. The van der Waals surface area contributed by atoms with E-state index in [0.717, 1.165) is 0 Å². The molecule has 0 atom stereocenters. The molecule has 142 valence electrons. The number of halogens is 1. The van der Waals surface area contributed by atoms with Crippen LogP contribution in [0.2, 0.25) is 0 Å². The first-order valence-corrected chi connectivity index (χ1v) is 11.1. The molecule has 0 saturated carbocycles. The van der Waals surface area contributed by atoms with E-state index >= 15 is 0 Å². The predicted octanol–water partition coefficient (Wildman–Crippen LogP) is -0.824. The Morgan fingerprint density at radius 3 is 1.11 bits per heavy atom. The molecule has 0 aliphatic heterocycles. The van der Waals surface area contributed by atoms with Crippen LogP contribution in [0.25, 0.3) is 0 Å². The van der Waals surface area contributed by atoms with Gasteiger partial charge in [0.25, 0.3) is 0 Å². The Balaban J connectivity index is 0.000000465. The smallest absolute Gasteiger partial charge is 0.222 e. The van der Waals surface area contributed by atoms with Gasteiger partial charge in [-0.3, -0.25) is 0 Å². The molecule has 0 aliphatic rings. The maximum atomic E-state index is 8.49. The maximum absolute atomic E-state index is 8.49. The first-order valence-electron chi connectivity index (χ1n) is 8.20. The topological polar surface area (TPSA) is 101 Å². The summed E-state index contributed by atoms with van der Waals surface area (Å²) < 4.78 is 40.5. The van der Waals surface area contributed by atoms with E-state index in [1.54, 1.807) is 0 Å². The summed E-state index contributed by atoms with van der Waals surface area (Å²) in [5, 5.41) is 3.78. The summed E-state index contributed by atoms with van der Waals surface area (Å²) in [5.74, 6) is 0. The Bertz CT molecular complexity index is 692. The lowest BCUT2D eigenvalue weighted by atomic mass is 10.4. The fourth-order valence-electron chi connectivity index (χ4n) is 2.78. The Morgan fingerprint density at radius 2 is 0.889 bits per heavy atom. The van der Waals surface area contributed by atoms with Crippen molar-refractivity contribution in [1.82, 2.24) is 0 Å². The van der Waals surface area contributed by atoms with E-state index < -0.39 is 17.7 Å². The van der Waals surface area contributed by atoms with Gasteiger partial charge in [-0.05, 0) is 43.3 Å². The molecule has 3 rings (SSSR count). The van der Waals surface area contributed by atoms with E-state index in [1.165, 1.54) is 15.9 Å². The van der Waals surface area contributed by atoms with Crippen LogP contribution in [0, 0.1) is 10.2 Å². The molecule has 0 spiro atoms. The zero-order chi connectivity index (χ0) is 19.8. The molecule has 3 aromatic rings. The minimum Gasteiger partial charge on any atom is -0.222 e. The highest BCUT2D eigenvalue weighted by atomic mass is 35.7. The third kappa shape index (κ3) is 6.09. The standard InChI is InChI=1S/C20H20OP.ClHO4/c1-2-21-22(18-12-6-3-7-13-18,19-14-8-4-9-15-19)20-16-10-5-11-17-20;2-1(3,4)5/h3-17H,2H2,1H3;(H,2,3,4,5)/q+1;/p-1. The van der Waals surface area contributed by atoms with Gasteiger partial charge in [0.1, 0.15) is 15.9 Å². The molecular weight excluding hydrogens is 387 g/mol. The predicted molar refractivity (Wildman–Crippen MR) is 96.8 cm³/mol. The van der Waals surface area contributed by atoms with Crippen LogP contribution in [0.4, 0.5) is 0 Å². The van der Waals surface area contributed by atoms with Gasteiger partial charge in [0.05, 0.1) is 6.61 Å². The second kappa shape index (κ2) is 9.93. The lowest BCUT2D eigenvalue weighted by Crippen LogP contribution is -2.68. The van der Waals surface area contributed by atoms with Gasteiger partial charge in [0.15, 0.2) is 0 Å². The van der Waals surface area contributed by atoms with Crippen molar-refractivity contribution >= 4 is 23.4 Å². The zero-order valence-corrected chi connectivity index (χ0v) is 16.4. The lowest BCUT2D eigenvalue weighted by Gasteiger charge is -2.25. The minimum absolute atomic E-state index is 0.687. The van der Waals surface area contributed by atoms with E-state index in [0.29, 0.717) is 6.61 Å². The van der Waals surface area contributed by atoms with Crippen molar-refractivity contribution in [3.05, 3.63) is 91.0 Å². The molecule has 5 nitrogen and oxygen atoms in total. The summed E-state index contributed by atoms with van der Waals surface area (Å²) in [6, 6.07) is 31.8. The monoisotopic (exact) mass is 406 g/mol. The van der Waals surface area contributed by atoms with Crippen LogP contribution < -0.4 is 34.5 Å². The van der Waals surface area contributed by atoms with Crippen LogP contribution in [-0.2, 0) is 4.52 Å². The van der Waals surface area contributed by atoms with Gasteiger partial charge in [-0.15, -0.1) is 10.2 Å². The Morgan fingerprint density at radius 1 is 0.630 bits per heavy atom. The highest BCUT2D eigenvalue weighted by Crippen LogP contribution is 2.56. The molecule has 0 amide bonds. The summed E-state index contributed by atoms with van der Waals surface area (Å²) in [4.78, 5) is 0.